The number of nitrogens with zero attached hydrogens (tertiary/aromatic N) is 1. The molecule has 0 aromatic carbocycles. The Labute approximate surface area is 161 Å². The number of likely N-dealkylation sites (tertiary alicyclic amines) is 1. The maximum Gasteiger partial charge on any atom is 0.419 e. The molecule has 1 fully saturated rings. The number of hydrogen-bond acceptors (Lipinski definition) is 4. The lowest BCUT2D eigenvalue weighted by molar-refractivity contribution is -0.267. The summed E-state index contributed by atoms with van der Waals surface area (Å²) in [6.45, 7) is 15.3. The average molecular weight is 414 g/mol. The van der Waals surface area contributed by atoms with Gasteiger partial charge in [0.25, 0.3) is 0 Å². The maximum atomic E-state index is 13.5. The molecule has 1 unspecified atom stereocenters. The van der Waals surface area contributed by atoms with Gasteiger partial charge in [0.1, 0.15) is 5.60 Å². The van der Waals surface area contributed by atoms with E-state index in [0.717, 1.165) is 4.90 Å². The molecule has 3 atom stereocenters. The van der Waals surface area contributed by atoms with Crippen LogP contribution in [0.25, 0.3) is 0 Å². The zero-order valence-electron chi connectivity index (χ0n) is 17.8. The number of aliphatic hydroxyl groups is 1. The summed E-state index contributed by atoms with van der Waals surface area (Å²) in [4.78, 5) is 13.5. The van der Waals surface area contributed by atoms with Gasteiger partial charge in [0.15, 0.2) is 13.9 Å². The van der Waals surface area contributed by atoms with E-state index in [-0.39, 0.29) is 11.6 Å². The van der Waals surface area contributed by atoms with Gasteiger partial charge in [0.2, 0.25) is 0 Å². The summed E-state index contributed by atoms with van der Waals surface area (Å²) < 4.78 is 52.0. The lowest BCUT2D eigenvalue weighted by atomic mass is 9.88. The Morgan fingerprint density at radius 1 is 1.19 bits per heavy atom. The Balaban J connectivity index is 3.16. The number of carbonyl (C=O) groups is 1. The van der Waals surface area contributed by atoms with Crippen molar-refractivity contribution in [1.29, 1.82) is 0 Å². The van der Waals surface area contributed by atoms with Crippen molar-refractivity contribution >= 4 is 14.4 Å². The van der Waals surface area contributed by atoms with Crippen LogP contribution in [0.3, 0.4) is 0 Å². The predicted molar refractivity (Wildman–Crippen MR) is 100 cm³/mol. The second kappa shape index (κ2) is 7.22. The lowest BCUT2D eigenvalue weighted by Crippen LogP contribution is -2.52. The van der Waals surface area contributed by atoms with Gasteiger partial charge in [-0.15, -0.1) is 0 Å². The molecule has 0 aliphatic carbocycles. The van der Waals surface area contributed by atoms with Gasteiger partial charge in [0, 0.05) is 5.92 Å². The second-order valence-electron chi connectivity index (χ2n) is 9.96. The van der Waals surface area contributed by atoms with Crippen LogP contribution in [0.2, 0.25) is 18.1 Å². The van der Waals surface area contributed by atoms with E-state index in [1.54, 1.807) is 20.8 Å². The highest BCUT2D eigenvalue weighted by Gasteiger charge is 2.65. The molecule has 0 saturated carbocycles. The summed E-state index contributed by atoms with van der Waals surface area (Å²) in [5.41, 5.74) is -3.85. The highest BCUT2D eigenvalue weighted by Crippen LogP contribution is 2.45. The van der Waals surface area contributed by atoms with Gasteiger partial charge in [-0.2, -0.15) is 13.2 Å². The van der Waals surface area contributed by atoms with Crippen LogP contribution in [-0.4, -0.2) is 61.0 Å². The molecule has 1 heterocycles. The van der Waals surface area contributed by atoms with Gasteiger partial charge in [-0.3, -0.25) is 4.90 Å². The van der Waals surface area contributed by atoms with E-state index in [1.807, 2.05) is 33.9 Å². The molecule has 0 aromatic heterocycles. The van der Waals surface area contributed by atoms with Crippen molar-refractivity contribution in [2.75, 3.05) is 13.2 Å². The third-order valence-corrected chi connectivity index (χ3v) is 10.2. The van der Waals surface area contributed by atoms with Crippen LogP contribution in [0.15, 0.2) is 0 Å². The minimum absolute atomic E-state index is 0.0741. The first-order valence-corrected chi connectivity index (χ1v) is 12.1. The average Bonchev–Trinajstić information content (AvgIpc) is 2.67. The fraction of sp³-hybridized carbons (Fsp3) is 0.944. The molecular weight excluding hydrogens is 379 g/mol. The molecule has 1 N–H and O–H groups in total. The molecule has 0 spiro atoms. The summed E-state index contributed by atoms with van der Waals surface area (Å²) in [6.07, 6.45) is -5.74. The van der Waals surface area contributed by atoms with Crippen molar-refractivity contribution in [2.45, 2.75) is 90.0 Å². The predicted octanol–water partition coefficient (Wildman–Crippen LogP) is 4.56. The van der Waals surface area contributed by atoms with Crippen LogP contribution in [-0.2, 0) is 9.16 Å². The van der Waals surface area contributed by atoms with Gasteiger partial charge >= 0.3 is 12.3 Å². The number of rotatable bonds is 3. The van der Waals surface area contributed by atoms with Crippen molar-refractivity contribution in [3.8, 4) is 0 Å². The number of ether oxygens (including phenoxy) is 1. The monoisotopic (exact) mass is 413 g/mol. The Hall–Kier alpha value is -0.803. The van der Waals surface area contributed by atoms with E-state index in [2.05, 4.69) is 0 Å². The van der Waals surface area contributed by atoms with Crippen molar-refractivity contribution in [2.24, 2.45) is 5.92 Å². The number of amides is 1. The topological polar surface area (TPSA) is 59.0 Å². The van der Waals surface area contributed by atoms with Crippen LogP contribution < -0.4 is 0 Å². The van der Waals surface area contributed by atoms with Crippen molar-refractivity contribution in [3.05, 3.63) is 0 Å². The standard InChI is InChI=1S/C18H34F3NO4Si/c1-12-13(10-25-27(8,9)16(5,6)7)22(14(23)26-15(2,3)4)11-17(12,24)18(19,20)21/h12-13,24H,10-11H2,1-9H3/t12-,13-,17?/m0/s1. The van der Waals surface area contributed by atoms with E-state index in [1.165, 1.54) is 6.92 Å². The number of hydrogen-bond donors (Lipinski definition) is 1. The van der Waals surface area contributed by atoms with E-state index in [4.69, 9.17) is 9.16 Å². The Morgan fingerprint density at radius 3 is 2.04 bits per heavy atom. The van der Waals surface area contributed by atoms with E-state index < -0.39 is 50.3 Å². The highest BCUT2D eigenvalue weighted by atomic mass is 28.4. The Kier molecular flexibility index (Phi) is 6.48. The summed E-state index contributed by atoms with van der Waals surface area (Å²) in [5.74, 6) is -1.24. The second-order valence-corrected chi connectivity index (χ2v) is 14.8. The van der Waals surface area contributed by atoms with Crippen LogP contribution in [0.1, 0.15) is 48.5 Å². The van der Waals surface area contributed by atoms with Crippen molar-refractivity contribution in [3.63, 3.8) is 0 Å². The zero-order valence-corrected chi connectivity index (χ0v) is 18.8. The molecule has 160 valence electrons. The molecule has 0 bridgehead atoms. The lowest BCUT2D eigenvalue weighted by Gasteiger charge is -2.38. The molecule has 27 heavy (non-hydrogen) atoms. The Bertz CT molecular complexity index is 554. The molecule has 0 aromatic rings. The van der Waals surface area contributed by atoms with Gasteiger partial charge in [0.05, 0.1) is 19.2 Å². The number of β-amino-alcohol motifs (C(OH)–C–C–N with tert-alkyl or cyclic N) is 1. The summed E-state index contributed by atoms with van der Waals surface area (Å²) >= 11 is 0. The van der Waals surface area contributed by atoms with Crippen LogP contribution in [0.5, 0.6) is 0 Å². The normalized spacial score (nSPS) is 27.8. The molecule has 1 aliphatic heterocycles. The van der Waals surface area contributed by atoms with Gasteiger partial charge < -0.3 is 14.3 Å². The number of halogens is 3. The molecule has 5 nitrogen and oxygen atoms in total. The summed E-state index contributed by atoms with van der Waals surface area (Å²) in [7, 11) is -2.25. The number of alkyl halides is 3. The van der Waals surface area contributed by atoms with Crippen molar-refractivity contribution < 1.29 is 32.2 Å². The first-order chi connectivity index (χ1) is 11.7. The molecule has 0 radical (unpaired) electrons. The minimum atomic E-state index is -4.86. The molecule has 1 aliphatic rings. The Morgan fingerprint density at radius 2 is 1.67 bits per heavy atom. The van der Waals surface area contributed by atoms with Gasteiger partial charge in [-0.25, -0.2) is 4.79 Å². The van der Waals surface area contributed by atoms with Crippen molar-refractivity contribution in [1.82, 2.24) is 4.90 Å². The van der Waals surface area contributed by atoms with Crippen LogP contribution >= 0.6 is 0 Å². The first-order valence-electron chi connectivity index (χ1n) is 9.15. The molecule has 1 amide bonds. The fourth-order valence-electron chi connectivity index (χ4n) is 2.72. The highest BCUT2D eigenvalue weighted by molar-refractivity contribution is 6.74. The van der Waals surface area contributed by atoms with Crippen LogP contribution in [0.4, 0.5) is 18.0 Å². The quantitative estimate of drug-likeness (QED) is 0.689. The fourth-order valence-corrected chi connectivity index (χ4v) is 3.74. The number of carbonyl (C=O) groups excluding carboxylic acids is 1. The summed E-state index contributed by atoms with van der Waals surface area (Å²) in [6, 6.07) is -0.930. The van der Waals surface area contributed by atoms with E-state index in [9.17, 15) is 23.1 Å². The van der Waals surface area contributed by atoms with E-state index in [0.29, 0.717) is 0 Å². The van der Waals surface area contributed by atoms with Crippen LogP contribution in [0, 0.1) is 5.92 Å². The molecule has 1 saturated heterocycles. The molecule has 1 rings (SSSR count). The SMILES string of the molecule is C[C@H]1[C@H](CO[Si](C)(C)C(C)(C)C)N(C(=O)OC(C)(C)C)CC1(O)C(F)(F)F. The molecule has 9 heteroatoms. The summed E-state index contributed by atoms with van der Waals surface area (Å²) in [5, 5.41) is 10.2. The maximum absolute atomic E-state index is 13.5. The third kappa shape index (κ3) is 5.17. The van der Waals surface area contributed by atoms with E-state index >= 15 is 0 Å². The minimum Gasteiger partial charge on any atom is -0.444 e. The van der Waals surface area contributed by atoms with Gasteiger partial charge in [-0.1, -0.05) is 27.7 Å². The first kappa shape index (κ1) is 24.2. The third-order valence-electron chi connectivity index (χ3n) is 5.68. The van der Waals surface area contributed by atoms with Gasteiger partial charge in [-0.05, 0) is 38.9 Å². The zero-order chi connectivity index (χ0) is 21.6. The molecular formula is C18H34F3NO4Si. The smallest absolute Gasteiger partial charge is 0.419 e. The largest absolute Gasteiger partial charge is 0.444 e.